The van der Waals surface area contributed by atoms with E-state index in [2.05, 4.69) is 9.71 Å². The summed E-state index contributed by atoms with van der Waals surface area (Å²) in [5.41, 5.74) is 1.48. The van der Waals surface area contributed by atoms with Crippen LogP contribution in [0.5, 0.6) is 0 Å². The Hall–Kier alpha value is -2.09. The number of amidine groups is 1. The Bertz CT molecular complexity index is 1070. The molecule has 1 amide bonds. The zero-order valence-corrected chi connectivity index (χ0v) is 17.7. The Labute approximate surface area is 174 Å². The lowest BCUT2D eigenvalue weighted by molar-refractivity contribution is 0.0950. The summed E-state index contributed by atoms with van der Waals surface area (Å²) in [4.78, 5) is 14.4. The van der Waals surface area contributed by atoms with Gasteiger partial charge in [-0.05, 0) is 49.2 Å². The van der Waals surface area contributed by atoms with Crippen molar-refractivity contribution in [2.45, 2.75) is 31.7 Å². The van der Waals surface area contributed by atoms with Gasteiger partial charge in [0.1, 0.15) is 10.7 Å². The lowest BCUT2D eigenvalue weighted by Gasteiger charge is -2.29. The van der Waals surface area contributed by atoms with E-state index >= 15 is 0 Å². The van der Waals surface area contributed by atoms with Crippen molar-refractivity contribution in [1.82, 2.24) is 5.32 Å². The fourth-order valence-corrected chi connectivity index (χ4v) is 4.72. The Balaban J connectivity index is 1.86. The third kappa shape index (κ3) is 4.16. The second-order valence-electron chi connectivity index (χ2n) is 6.37. The molecule has 0 radical (unpaired) electrons. The quantitative estimate of drug-likeness (QED) is 0.754. The van der Waals surface area contributed by atoms with Crippen LogP contribution in [0.4, 0.5) is 5.69 Å². The van der Waals surface area contributed by atoms with Crippen molar-refractivity contribution >= 4 is 50.7 Å². The Morgan fingerprint density at radius 2 is 1.93 bits per heavy atom. The van der Waals surface area contributed by atoms with Gasteiger partial charge in [0.2, 0.25) is 0 Å². The van der Waals surface area contributed by atoms with Crippen LogP contribution in [-0.2, 0) is 16.6 Å². The molecule has 0 saturated carbocycles. The fraction of sp³-hybridized carbons (Fsp3) is 0.263. The first kappa shape index (κ1) is 20.6. The van der Waals surface area contributed by atoms with Gasteiger partial charge in [-0.2, -0.15) is 8.42 Å². The first-order chi connectivity index (χ1) is 13.2. The first-order valence-corrected chi connectivity index (χ1v) is 10.9. The van der Waals surface area contributed by atoms with Gasteiger partial charge in [-0.3, -0.25) is 4.79 Å². The standard InChI is InChI=1S/C19H19Cl2N3O3S/c1-3-8-24-12(2)23-28(26,27)18-9-13(5-7-17(18)24)19(25)22-11-14-4-6-15(20)10-16(14)21/h4-7,9-10H,3,8,11H2,1-2H3,(H,22,25). The number of halogens is 2. The van der Waals surface area contributed by atoms with Crippen molar-refractivity contribution in [3.05, 3.63) is 57.6 Å². The summed E-state index contributed by atoms with van der Waals surface area (Å²) < 4.78 is 28.8. The molecule has 1 N–H and O–H groups in total. The molecular formula is C19H19Cl2N3O3S. The molecule has 6 nitrogen and oxygen atoms in total. The molecule has 0 saturated heterocycles. The molecule has 0 aliphatic carbocycles. The predicted molar refractivity (Wildman–Crippen MR) is 112 cm³/mol. The highest BCUT2D eigenvalue weighted by Gasteiger charge is 2.29. The number of hydrogen-bond donors (Lipinski definition) is 1. The van der Waals surface area contributed by atoms with Crippen molar-refractivity contribution in [3.63, 3.8) is 0 Å². The maximum atomic E-state index is 12.5. The fourth-order valence-electron chi connectivity index (χ4n) is 2.98. The van der Waals surface area contributed by atoms with Gasteiger partial charge in [-0.1, -0.05) is 36.2 Å². The lowest BCUT2D eigenvalue weighted by Crippen LogP contribution is -2.34. The SMILES string of the molecule is CCCN1C(C)=NS(=O)(=O)c2cc(C(=O)NCc3ccc(Cl)cc3Cl)ccc21. The highest BCUT2D eigenvalue weighted by molar-refractivity contribution is 7.90. The molecule has 2 aromatic rings. The molecule has 1 heterocycles. The maximum Gasteiger partial charge on any atom is 0.286 e. The van der Waals surface area contributed by atoms with Crippen molar-refractivity contribution < 1.29 is 13.2 Å². The number of nitrogens with one attached hydrogen (secondary N) is 1. The Morgan fingerprint density at radius 3 is 2.61 bits per heavy atom. The number of rotatable bonds is 5. The van der Waals surface area contributed by atoms with Gasteiger partial charge in [0, 0.05) is 28.7 Å². The van der Waals surface area contributed by atoms with Crippen molar-refractivity contribution in [2.24, 2.45) is 4.40 Å². The number of carbonyl (C=O) groups excluding carboxylic acids is 1. The molecule has 0 atom stereocenters. The van der Waals surface area contributed by atoms with E-state index in [9.17, 15) is 13.2 Å². The molecule has 1 aliphatic heterocycles. The maximum absolute atomic E-state index is 12.5. The lowest BCUT2D eigenvalue weighted by atomic mass is 10.1. The summed E-state index contributed by atoms with van der Waals surface area (Å²) in [6.45, 7) is 4.49. The van der Waals surface area contributed by atoms with Crippen LogP contribution in [0.1, 0.15) is 36.2 Å². The topological polar surface area (TPSA) is 78.8 Å². The molecule has 9 heteroatoms. The molecular weight excluding hydrogens is 421 g/mol. The number of benzene rings is 2. The molecule has 148 valence electrons. The average molecular weight is 440 g/mol. The molecule has 0 bridgehead atoms. The number of hydrogen-bond acceptors (Lipinski definition) is 4. The van der Waals surface area contributed by atoms with Crippen molar-refractivity contribution in [1.29, 1.82) is 0 Å². The van der Waals surface area contributed by atoms with E-state index in [1.165, 1.54) is 6.07 Å². The summed E-state index contributed by atoms with van der Waals surface area (Å²) in [6, 6.07) is 9.62. The second-order valence-corrected chi connectivity index (χ2v) is 8.78. The van der Waals surface area contributed by atoms with Crippen LogP contribution in [-0.4, -0.2) is 26.7 Å². The number of sulfonamides is 1. The van der Waals surface area contributed by atoms with Crippen LogP contribution in [0, 0.1) is 0 Å². The molecule has 0 fully saturated rings. The number of anilines is 1. The van der Waals surface area contributed by atoms with Crippen LogP contribution in [0.25, 0.3) is 0 Å². The van der Waals surface area contributed by atoms with E-state index in [1.54, 1.807) is 37.3 Å². The minimum Gasteiger partial charge on any atom is -0.348 e. The van der Waals surface area contributed by atoms with Gasteiger partial charge < -0.3 is 10.2 Å². The predicted octanol–water partition coefficient (Wildman–Crippen LogP) is 4.26. The van der Waals surface area contributed by atoms with Crippen LogP contribution in [0.2, 0.25) is 10.0 Å². The first-order valence-electron chi connectivity index (χ1n) is 8.68. The summed E-state index contributed by atoms with van der Waals surface area (Å²) in [5, 5.41) is 3.70. The number of nitrogens with zero attached hydrogens (tertiary/aromatic N) is 2. The zero-order valence-electron chi connectivity index (χ0n) is 15.4. The highest BCUT2D eigenvalue weighted by atomic mass is 35.5. The number of carbonyl (C=O) groups is 1. The largest absolute Gasteiger partial charge is 0.348 e. The van der Waals surface area contributed by atoms with E-state index < -0.39 is 15.9 Å². The smallest absolute Gasteiger partial charge is 0.286 e. The second kappa shape index (κ2) is 8.11. The van der Waals surface area contributed by atoms with Gasteiger partial charge >= 0.3 is 0 Å². The third-order valence-corrected chi connectivity index (χ3v) is 6.31. The van der Waals surface area contributed by atoms with E-state index in [-0.39, 0.29) is 17.0 Å². The minimum atomic E-state index is -3.85. The average Bonchev–Trinajstić information content (AvgIpc) is 2.63. The highest BCUT2D eigenvalue weighted by Crippen LogP contribution is 2.32. The van der Waals surface area contributed by atoms with E-state index in [1.807, 2.05) is 11.8 Å². The molecule has 28 heavy (non-hydrogen) atoms. The molecule has 0 aromatic heterocycles. The van der Waals surface area contributed by atoms with Crippen molar-refractivity contribution in [3.8, 4) is 0 Å². The zero-order chi connectivity index (χ0) is 20.5. The van der Waals surface area contributed by atoms with Crippen LogP contribution < -0.4 is 10.2 Å². The van der Waals surface area contributed by atoms with E-state index in [4.69, 9.17) is 23.2 Å². The Kier molecular flexibility index (Phi) is 5.98. The number of fused-ring (bicyclic) bond motifs is 1. The molecule has 2 aromatic carbocycles. The van der Waals surface area contributed by atoms with Gasteiger partial charge in [0.15, 0.2) is 0 Å². The molecule has 0 unspecified atom stereocenters. The summed E-state index contributed by atoms with van der Waals surface area (Å²) >= 11 is 12.0. The van der Waals surface area contributed by atoms with Crippen molar-refractivity contribution in [2.75, 3.05) is 11.4 Å². The number of amides is 1. The molecule has 3 rings (SSSR count). The van der Waals surface area contributed by atoms with E-state index in [0.717, 1.165) is 6.42 Å². The summed E-state index contributed by atoms with van der Waals surface area (Å²) in [5.74, 6) is 0.0151. The van der Waals surface area contributed by atoms with Gasteiger partial charge in [0.25, 0.3) is 15.9 Å². The third-order valence-electron chi connectivity index (χ3n) is 4.34. The van der Waals surface area contributed by atoms with Crippen LogP contribution in [0.15, 0.2) is 45.7 Å². The summed E-state index contributed by atoms with van der Waals surface area (Å²) in [7, 11) is -3.85. The monoisotopic (exact) mass is 439 g/mol. The summed E-state index contributed by atoms with van der Waals surface area (Å²) in [6.07, 6.45) is 0.830. The minimum absolute atomic E-state index is 0.0312. The van der Waals surface area contributed by atoms with Gasteiger partial charge in [0.05, 0.1) is 5.69 Å². The van der Waals surface area contributed by atoms with Crippen LogP contribution in [0.3, 0.4) is 0 Å². The van der Waals surface area contributed by atoms with Gasteiger partial charge in [-0.25, -0.2) is 0 Å². The van der Waals surface area contributed by atoms with Crippen LogP contribution >= 0.6 is 23.2 Å². The molecule has 0 spiro atoms. The van der Waals surface area contributed by atoms with E-state index in [0.29, 0.717) is 33.7 Å². The normalized spacial score (nSPS) is 15.0. The Morgan fingerprint density at radius 1 is 1.18 bits per heavy atom. The van der Waals surface area contributed by atoms with Gasteiger partial charge in [-0.15, -0.1) is 4.40 Å². The molecule has 1 aliphatic rings.